The van der Waals surface area contributed by atoms with Gasteiger partial charge in [-0.2, -0.15) is 5.10 Å². The highest BCUT2D eigenvalue weighted by atomic mass is 19.1. The summed E-state index contributed by atoms with van der Waals surface area (Å²) < 4.78 is 14.8. The standard InChI is InChI=1S/C12H12FN3/c13-10-5-3-9(4-6-10)11-2-1-7-16-12(11)14-8-15-16/h3-6,8,11H,1-2,7H2. The largest absolute Gasteiger partial charge is 0.249 e. The van der Waals surface area contributed by atoms with Crippen LogP contribution >= 0.6 is 0 Å². The van der Waals surface area contributed by atoms with E-state index in [1.165, 1.54) is 12.1 Å². The van der Waals surface area contributed by atoms with Crippen LogP contribution in [0.15, 0.2) is 30.6 Å². The van der Waals surface area contributed by atoms with E-state index in [1.807, 2.05) is 16.8 Å². The van der Waals surface area contributed by atoms with Gasteiger partial charge in [0.25, 0.3) is 0 Å². The van der Waals surface area contributed by atoms with Crippen molar-refractivity contribution < 1.29 is 4.39 Å². The van der Waals surface area contributed by atoms with Gasteiger partial charge in [-0.25, -0.2) is 14.1 Å². The summed E-state index contributed by atoms with van der Waals surface area (Å²) >= 11 is 0. The average molecular weight is 217 g/mol. The highest BCUT2D eigenvalue weighted by Crippen LogP contribution is 2.31. The Labute approximate surface area is 92.9 Å². The molecule has 0 spiro atoms. The Bertz CT molecular complexity index is 489. The first kappa shape index (κ1) is 9.51. The van der Waals surface area contributed by atoms with Gasteiger partial charge in [-0.3, -0.25) is 0 Å². The van der Waals surface area contributed by atoms with E-state index in [4.69, 9.17) is 0 Å². The molecule has 1 aliphatic heterocycles. The number of fused-ring (bicyclic) bond motifs is 1. The second kappa shape index (κ2) is 3.70. The lowest BCUT2D eigenvalue weighted by Crippen LogP contribution is -2.17. The zero-order chi connectivity index (χ0) is 11.0. The van der Waals surface area contributed by atoms with E-state index in [9.17, 15) is 4.39 Å². The fraction of sp³-hybridized carbons (Fsp3) is 0.333. The summed E-state index contributed by atoms with van der Waals surface area (Å²) in [6.45, 7) is 0.938. The molecule has 1 aromatic carbocycles. The van der Waals surface area contributed by atoms with E-state index < -0.39 is 0 Å². The molecular formula is C12H12FN3. The van der Waals surface area contributed by atoms with E-state index in [0.717, 1.165) is 30.8 Å². The molecule has 0 N–H and O–H groups in total. The third kappa shape index (κ3) is 1.50. The zero-order valence-electron chi connectivity index (χ0n) is 8.81. The molecule has 3 rings (SSSR count). The number of halogens is 1. The molecule has 1 atom stereocenters. The molecule has 82 valence electrons. The van der Waals surface area contributed by atoms with Gasteiger partial charge >= 0.3 is 0 Å². The summed E-state index contributed by atoms with van der Waals surface area (Å²) in [5.41, 5.74) is 1.12. The van der Waals surface area contributed by atoms with Crippen LogP contribution in [0.4, 0.5) is 4.39 Å². The lowest BCUT2D eigenvalue weighted by molar-refractivity contribution is 0.445. The van der Waals surface area contributed by atoms with Crippen molar-refractivity contribution in [2.45, 2.75) is 25.3 Å². The quantitative estimate of drug-likeness (QED) is 0.734. The van der Waals surface area contributed by atoms with E-state index >= 15 is 0 Å². The maximum Gasteiger partial charge on any atom is 0.138 e. The lowest BCUT2D eigenvalue weighted by atomic mass is 9.91. The fourth-order valence-corrected chi connectivity index (χ4v) is 2.30. The molecular weight excluding hydrogens is 205 g/mol. The molecule has 0 fully saturated rings. The fourth-order valence-electron chi connectivity index (χ4n) is 2.30. The van der Waals surface area contributed by atoms with Gasteiger partial charge in [0, 0.05) is 12.5 Å². The second-order valence-corrected chi connectivity index (χ2v) is 4.09. The number of benzene rings is 1. The van der Waals surface area contributed by atoms with Crippen LogP contribution in [0, 0.1) is 5.82 Å². The Hall–Kier alpha value is -1.71. The molecule has 1 aliphatic rings. The highest BCUT2D eigenvalue weighted by Gasteiger charge is 2.23. The maximum atomic E-state index is 12.9. The van der Waals surface area contributed by atoms with Gasteiger partial charge in [0.1, 0.15) is 18.0 Å². The van der Waals surface area contributed by atoms with Crippen molar-refractivity contribution in [2.75, 3.05) is 0 Å². The first-order valence-corrected chi connectivity index (χ1v) is 5.48. The van der Waals surface area contributed by atoms with Gasteiger partial charge in [0.05, 0.1) is 0 Å². The van der Waals surface area contributed by atoms with Crippen molar-refractivity contribution in [3.8, 4) is 0 Å². The summed E-state index contributed by atoms with van der Waals surface area (Å²) in [7, 11) is 0. The second-order valence-electron chi connectivity index (χ2n) is 4.09. The summed E-state index contributed by atoms with van der Waals surface area (Å²) in [6, 6.07) is 6.68. The number of rotatable bonds is 1. The minimum Gasteiger partial charge on any atom is -0.249 e. The molecule has 2 heterocycles. The minimum absolute atomic E-state index is 0.193. The van der Waals surface area contributed by atoms with Crippen molar-refractivity contribution in [1.29, 1.82) is 0 Å². The van der Waals surface area contributed by atoms with Crippen molar-refractivity contribution >= 4 is 0 Å². The van der Waals surface area contributed by atoms with Crippen LogP contribution in [0.3, 0.4) is 0 Å². The molecule has 16 heavy (non-hydrogen) atoms. The normalized spacial score (nSPS) is 19.4. The van der Waals surface area contributed by atoms with Crippen LogP contribution in [-0.4, -0.2) is 14.8 Å². The lowest BCUT2D eigenvalue weighted by Gasteiger charge is -2.22. The number of hydrogen-bond donors (Lipinski definition) is 0. The SMILES string of the molecule is Fc1ccc(C2CCCn3ncnc32)cc1. The highest BCUT2D eigenvalue weighted by molar-refractivity contribution is 5.26. The van der Waals surface area contributed by atoms with E-state index in [2.05, 4.69) is 10.1 Å². The summed E-state index contributed by atoms with van der Waals surface area (Å²) in [6.07, 6.45) is 3.75. The average Bonchev–Trinajstić information content (AvgIpc) is 2.78. The third-order valence-corrected chi connectivity index (χ3v) is 3.09. The van der Waals surface area contributed by atoms with E-state index in [1.54, 1.807) is 6.33 Å². The first-order valence-electron chi connectivity index (χ1n) is 5.48. The van der Waals surface area contributed by atoms with E-state index in [0.29, 0.717) is 0 Å². The summed E-state index contributed by atoms with van der Waals surface area (Å²) in [4.78, 5) is 4.30. The number of nitrogens with zero attached hydrogens (tertiary/aromatic N) is 3. The third-order valence-electron chi connectivity index (χ3n) is 3.09. The molecule has 3 nitrogen and oxygen atoms in total. The predicted molar refractivity (Wildman–Crippen MR) is 57.5 cm³/mol. The van der Waals surface area contributed by atoms with Gasteiger partial charge in [0.15, 0.2) is 0 Å². The number of hydrogen-bond acceptors (Lipinski definition) is 2. The molecule has 2 aromatic rings. The van der Waals surface area contributed by atoms with Gasteiger partial charge in [-0.1, -0.05) is 12.1 Å². The topological polar surface area (TPSA) is 30.7 Å². The molecule has 0 aliphatic carbocycles. The summed E-state index contributed by atoms with van der Waals surface area (Å²) in [5.74, 6) is 1.07. The van der Waals surface area contributed by atoms with Crippen LogP contribution in [0.1, 0.15) is 30.1 Å². The van der Waals surface area contributed by atoms with Crippen molar-refractivity contribution in [2.24, 2.45) is 0 Å². The Morgan fingerprint density at radius 1 is 1.25 bits per heavy atom. The molecule has 4 heteroatoms. The van der Waals surface area contributed by atoms with Gasteiger partial charge < -0.3 is 0 Å². The van der Waals surface area contributed by atoms with Gasteiger partial charge in [-0.15, -0.1) is 0 Å². The van der Waals surface area contributed by atoms with Crippen LogP contribution in [-0.2, 0) is 6.54 Å². The number of aryl methyl sites for hydroxylation is 1. The Morgan fingerprint density at radius 2 is 2.06 bits per heavy atom. The molecule has 0 amide bonds. The van der Waals surface area contributed by atoms with Crippen LogP contribution in [0.25, 0.3) is 0 Å². The maximum absolute atomic E-state index is 12.9. The van der Waals surface area contributed by atoms with Crippen molar-refractivity contribution in [1.82, 2.24) is 14.8 Å². The molecule has 0 saturated heterocycles. The van der Waals surface area contributed by atoms with Crippen LogP contribution < -0.4 is 0 Å². The smallest absolute Gasteiger partial charge is 0.138 e. The zero-order valence-corrected chi connectivity index (χ0v) is 8.81. The number of aromatic nitrogens is 3. The monoisotopic (exact) mass is 217 g/mol. The van der Waals surface area contributed by atoms with Gasteiger partial charge in [-0.05, 0) is 30.5 Å². The van der Waals surface area contributed by atoms with Crippen LogP contribution in [0.2, 0.25) is 0 Å². The predicted octanol–water partition coefficient (Wildman–Crippen LogP) is 2.34. The van der Waals surface area contributed by atoms with Crippen molar-refractivity contribution in [3.63, 3.8) is 0 Å². The molecule has 0 saturated carbocycles. The Balaban J connectivity index is 2.00. The van der Waals surface area contributed by atoms with Crippen molar-refractivity contribution in [3.05, 3.63) is 47.8 Å². The molecule has 1 unspecified atom stereocenters. The summed E-state index contributed by atoms with van der Waals surface area (Å²) in [5, 5.41) is 4.18. The van der Waals surface area contributed by atoms with Crippen LogP contribution in [0.5, 0.6) is 0 Å². The van der Waals surface area contributed by atoms with E-state index in [-0.39, 0.29) is 11.7 Å². The molecule has 0 radical (unpaired) electrons. The molecule has 1 aromatic heterocycles. The van der Waals surface area contributed by atoms with Gasteiger partial charge in [0.2, 0.25) is 0 Å². The molecule has 0 bridgehead atoms. The Kier molecular flexibility index (Phi) is 2.20. The Morgan fingerprint density at radius 3 is 2.88 bits per heavy atom. The minimum atomic E-state index is -0.193. The first-order chi connectivity index (χ1) is 7.84.